The van der Waals surface area contributed by atoms with Gasteiger partial charge >= 0.3 is 0 Å². The van der Waals surface area contributed by atoms with E-state index in [0.717, 1.165) is 22.4 Å². The average molecular weight is 287 g/mol. The van der Waals surface area contributed by atoms with Crippen molar-refractivity contribution in [3.8, 4) is 16.9 Å². The molecule has 0 aliphatic heterocycles. The van der Waals surface area contributed by atoms with Gasteiger partial charge in [0.2, 0.25) is 0 Å². The van der Waals surface area contributed by atoms with Gasteiger partial charge in [0.15, 0.2) is 0 Å². The monoisotopic (exact) mass is 287 g/mol. The predicted molar refractivity (Wildman–Crippen MR) is 85.1 cm³/mol. The van der Waals surface area contributed by atoms with Gasteiger partial charge in [-0.2, -0.15) is 0 Å². The van der Waals surface area contributed by atoms with Crippen molar-refractivity contribution in [3.05, 3.63) is 53.3 Å². The van der Waals surface area contributed by atoms with Crippen molar-refractivity contribution in [2.75, 3.05) is 7.11 Å². The smallest absolute Gasteiger partial charge is 0.127 e. The summed E-state index contributed by atoms with van der Waals surface area (Å²) in [6.45, 7) is 6.67. The highest BCUT2D eigenvalue weighted by Gasteiger charge is 2.08. The summed E-state index contributed by atoms with van der Waals surface area (Å²) in [5.74, 6) is 0.665. The van der Waals surface area contributed by atoms with E-state index >= 15 is 0 Å². The summed E-state index contributed by atoms with van der Waals surface area (Å²) in [7, 11) is 1.65. The molecule has 0 aromatic heterocycles. The van der Waals surface area contributed by atoms with Crippen molar-refractivity contribution in [3.63, 3.8) is 0 Å². The van der Waals surface area contributed by atoms with Crippen molar-refractivity contribution < 1.29 is 9.13 Å². The molecule has 0 amide bonds. The molecular formula is C18H22FNO. The van der Waals surface area contributed by atoms with E-state index in [1.807, 2.05) is 37.3 Å². The molecule has 21 heavy (non-hydrogen) atoms. The summed E-state index contributed by atoms with van der Waals surface area (Å²) in [6.07, 6.45) is 0. The molecule has 0 radical (unpaired) electrons. The van der Waals surface area contributed by atoms with Crippen molar-refractivity contribution in [2.24, 2.45) is 0 Å². The van der Waals surface area contributed by atoms with Gasteiger partial charge in [-0.1, -0.05) is 26.0 Å². The fourth-order valence-corrected chi connectivity index (χ4v) is 2.28. The minimum Gasteiger partial charge on any atom is -0.497 e. The van der Waals surface area contributed by atoms with Gasteiger partial charge in [-0.25, -0.2) is 4.39 Å². The normalized spacial score (nSPS) is 11.0. The summed E-state index contributed by atoms with van der Waals surface area (Å²) in [4.78, 5) is 0. The Morgan fingerprint density at radius 3 is 2.52 bits per heavy atom. The van der Waals surface area contributed by atoms with Crippen LogP contribution in [0.5, 0.6) is 5.75 Å². The van der Waals surface area contributed by atoms with E-state index in [0.29, 0.717) is 18.2 Å². The standard InChI is InChI=1S/C18H22FNO/c1-12(2)20-11-15-10-14(5-8-18(15)19)17-7-6-16(21-4)9-13(17)3/h5-10,12,20H,11H2,1-4H3. The van der Waals surface area contributed by atoms with Crippen LogP contribution in [-0.2, 0) is 6.54 Å². The van der Waals surface area contributed by atoms with Gasteiger partial charge in [-0.3, -0.25) is 0 Å². The molecule has 2 nitrogen and oxygen atoms in total. The van der Waals surface area contributed by atoms with Gasteiger partial charge < -0.3 is 10.1 Å². The Hall–Kier alpha value is -1.87. The highest BCUT2D eigenvalue weighted by atomic mass is 19.1. The SMILES string of the molecule is COc1ccc(-c2ccc(F)c(CNC(C)C)c2)c(C)c1. The number of hydrogen-bond acceptors (Lipinski definition) is 2. The van der Waals surface area contributed by atoms with Crippen LogP contribution in [0.25, 0.3) is 11.1 Å². The van der Waals surface area contributed by atoms with Crippen LogP contribution in [0.1, 0.15) is 25.0 Å². The van der Waals surface area contributed by atoms with Gasteiger partial charge in [-0.05, 0) is 47.9 Å². The van der Waals surface area contributed by atoms with Crippen LogP contribution in [0.15, 0.2) is 36.4 Å². The van der Waals surface area contributed by atoms with Crippen LogP contribution in [0.3, 0.4) is 0 Å². The lowest BCUT2D eigenvalue weighted by atomic mass is 9.98. The van der Waals surface area contributed by atoms with Crippen LogP contribution < -0.4 is 10.1 Å². The number of methoxy groups -OCH3 is 1. The molecule has 0 saturated carbocycles. The highest BCUT2D eigenvalue weighted by Crippen LogP contribution is 2.28. The van der Waals surface area contributed by atoms with Crippen LogP contribution in [0.4, 0.5) is 4.39 Å². The number of nitrogens with one attached hydrogen (secondary N) is 1. The first-order chi connectivity index (χ1) is 10.0. The molecule has 2 aromatic rings. The quantitative estimate of drug-likeness (QED) is 0.885. The molecule has 3 heteroatoms. The molecule has 0 atom stereocenters. The maximum atomic E-state index is 13.9. The second-order valence-electron chi connectivity index (χ2n) is 5.52. The fourth-order valence-electron chi connectivity index (χ4n) is 2.28. The van der Waals surface area contributed by atoms with Crippen molar-refractivity contribution >= 4 is 0 Å². The van der Waals surface area contributed by atoms with Crippen molar-refractivity contribution in [1.82, 2.24) is 5.32 Å². The minimum absolute atomic E-state index is 0.168. The summed E-state index contributed by atoms with van der Waals surface area (Å²) in [5.41, 5.74) is 3.93. The lowest BCUT2D eigenvalue weighted by molar-refractivity contribution is 0.414. The molecular weight excluding hydrogens is 265 g/mol. The zero-order chi connectivity index (χ0) is 15.4. The van der Waals surface area contributed by atoms with Gasteiger partial charge in [-0.15, -0.1) is 0 Å². The summed E-state index contributed by atoms with van der Waals surface area (Å²) in [5, 5.41) is 3.25. The third kappa shape index (κ3) is 3.82. The van der Waals surface area contributed by atoms with E-state index in [2.05, 4.69) is 19.2 Å². The van der Waals surface area contributed by atoms with Crippen molar-refractivity contribution in [1.29, 1.82) is 0 Å². The van der Waals surface area contributed by atoms with E-state index in [1.165, 1.54) is 6.07 Å². The highest BCUT2D eigenvalue weighted by molar-refractivity contribution is 5.68. The lowest BCUT2D eigenvalue weighted by Crippen LogP contribution is -2.22. The Morgan fingerprint density at radius 1 is 1.14 bits per heavy atom. The molecule has 0 aliphatic rings. The molecule has 1 N–H and O–H groups in total. The molecule has 112 valence electrons. The number of benzene rings is 2. The lowest BCUT2D eigenvalue weighted by Gasteiger charge is -2.12. The van der Waals surface area contributed by atoms with E-state index in [4.69, 9.17) is 4.74 Å². The van der Waals surface area contributed by atoms with Gasteiger partial charge in [0.25, 0.3) is 0 Å². The first-order valence-electron chi connectivity index (χ1n) is 7.18. The number of rotatable bonds is 5. The molecule has 0 heterocycles. The average Bonchev–Trinajstić information content (AvgIpc) is 2.46. The Kier molecular flexibility index (Phi) is 4.97. The Balaban J connectivity index is 2.34. The maximum absolute atomic E-state index is 13.9. The van der Waals surface area contributed by atoms with Crippen LogP contribution in [-0.4, -0.2) is 13.2 Å². The van der Waals surface area contributed by atoms with E-state index < -0.39 is 0 Å². The summed E-state index contributed by atoms with van der Waals surface area (Å²) < 4.78 is 19.1. The van der Waals surface area contributed by atoms with Crippen LogP contribution in [0, 0.1) is 12.7 Å². The first-order valence-corrected chi connectivity index (χ1v) is 7.18. The fraction of sp³-hybridized carbons (Fsp3) is 0.333. The second-order valence-corrected chi connectivity index (χ2v) is 5.52. The molecule has 0 aliphatic carbocycles. The summed E-state index contributed by atoms with van der Waals surface area (Å²) in [6, 6.07) is 11.5. The van der Waals surface area contributed by atoms with E-state index in [9.17, 15) is 4.39 Å². The molecule has 0 unspecified atom stereocenters. The maximum Gasteiger partial charge on any atom is 0.127 e. The number of ether oxygens (including phenoxy) is 1. The van der Waals surface area contributed by atoms with E-state index in [-0.39, 0.29) is 5.82 Å². The topological polar surface area (TPSA) is 21.3 Å². The summed E-state index contributed by atoms with van der Waals surface area (Å²) >= 11 is 0. The predicted octanol–water partition coefficient (Wildman–Crippen LogP) is 4.31. The molecule has 0 bridgehead atoms. The van der Waals surface area contributed by atoms with Gasteiger partial charge in [0.1, 0.15) is 11.6 Å². The number of aryl methyl sites for hydroxylation is 1. The largest absolute Gasteiger partial charge is 0.497 e. The molecule has 0 saturated heterocycles. The van der Waals surface area contributed by atoms with Crippen LogP contribution in [0.2, 0.25) is 0 Å². The molecule has 0 fully saturated rings. The third-order valence-electron chi connectivity index (χ3n) is 3.49. The Labute approximate surface area is 126 Å². The number of halogens is 1. The second kappa shape index (κ2) is 6.72. The van der Waals surface area contributed by atoms with Crippen molar-refractivity contribution in [2.45, 2.75) is 33.4 Å². The zero-order valence-electron chi connectivity index (χ0n) is 13.0. The molecule has 2 aromatic carbocycles. The Morgan fingerprint density at radius 2 is 1.90 bits per heavy atom. The minimum atomic E-state index is -0.168. The van der Waals surface area contributed by atoms with Gasteiger partial charge in [0.05, 0.1) is 7.11 Å². The van der Waals surface area contributed by atoms with Gasteiger partial charge in [0, 0.05) is 18.2 Å². The molecule has 0 spiro atoms. The van der Waals surface area contributed by atoms with Crippen LogP contribution >= 0.6 is 0 Å². The third-order valence-corrected chi connectivity index (χ3v) is 3.49. The first kappa shape index (κ1) is 15.5. The zero-order valence-corrected chi connectivity index (χ0v) is 13.0. The Bertz CT molecular complexity index is 623. The van der Waals surface area contributed by atoms with E-state index in [1.54, 1.807) is 7.11 Å². The number of hydrogen-bond donors (Lipinski definition) is 1. The molecule has 2 rings (SSSR count).